The Kier molecular flexibility index (Phi) is 3.89. The molecular formula is C16H20N6O2. The number of pyridine rings is 1. The molecule has 8 nitrogen and oxygen atoms in total. The zero-order chi connectivity index (χ0) is 16.5. The molecule has 1 saturated heterocycles. The number of aryl methyl sites for hydroxylation is 1. The highest BCUT2D eigenvalue weighted by Crippen LogP contribution is 2.29. The molecule has 1 fully saturated rings. The topological polar surface area (TPSA) is 81.5 Å². The second kappa shape index (κ2) is 6.20. The van der Waals surface area contributed by atoms with Gasteiger partial charge in [-0.2, -0.15) is 4.98 Å². The van der Waals surface area contributed by atoms with Crippen LogP contribution >= 0.6 is 0 Å². The van der Waals surface area contributed by atoms with Crippen LogP contribution in [0, 0.1) is 0 Å². The number of likely N-dealkylation sites (tertiary alicyclic amines) is 1. The lowest BCUT2D eigenvalue weighted by Crippen LogP contribution is -2.31. The maximum atomic E-state index is 12.3. The summed E-state index contributed by atoms with van der Waals surface area (Å²) in [7, 11) is 0. The largest absolute Gasteiger partial charge is 0.350 e. The van der Waals surface area contributed by atoms with Gasteiger partial charge in [-0.1, -0.05) is 18.1 Å². The van der Waals surface area contributed by atoms with E-state index in [9.17, 15) is 4.79 Å². The lowest BCUT2D eigenvalue weighted by molar-refractivity contribution is 0.229. The molecular weight excluding hydrogens is 308 g/mol. The Morgan fingerprint density at radius 3 is 3.04 bits per heavy atom. The Hall–Kier alpha value is -2.48. The second-order valence-electron chi connectivity index (χ2n) is 6.03. The quantitative estimate of drug-likeness (QED) is 0.702. The number of hydrogen-bond donors (Lipinski definition) is 0. The van der Waals surface area contributed by atoms with E-state index < -0.39 is 0 Å². The minimum Gasteiger partial charge on any atom is -0.339 e. The van der Waals surface area contributed by atoms with Crippen LogP contribution in [0.2, 0.25) is 0 Å². The van der Waals surface area contributed by atoms with Crippen molar-refractivity contribution in [1.29, 1.82) is 0 Å². The van der Waals surface area contributed by atoms with Gasteiger partial charge in [0, 0.05) is 19.2 Å². The molecule has 0 saturated carbocycles. The van der Waals surface area contributed by atoms with Gasteiger partial charge in [0.2, 0.25) is 5.89 Å². The molecule has 0 bridgehead atoms. The number of rotatable bonds is 5. The van der Waals surface area contributed by atoms with Gasteiger partial charge in [0.1, 0.15) is 0 Å². The molecule has 1 aliphatic heterocycles. The standard InChI is InChI=1S/C16H20N6O2/c1-2-14-17-15(19-24-14)12-6-5-8-20(12)10-11-22-16(23)21-9-4-3-7-13(21)18-22/h3-4,7,9,12H,2,5-6,8,10-11H2,1H3. The van der Waals surface area contributed by atoms with Crippen molar-refractivity contribution >= 4 is 5.65 Å². The van der Waals surface area contributed by atoms with Crippen molar-refractivity contribution in [1.82, 2.24) is 29.2 Å². The van der Waals surface area contributed by atoms with Crippen molar-refractivity contribution in [2.75, 3.05) is 13.1 Å². The number of nitrogens with zero attached hydrogens (tertiary/aromatic N) is 6. The average Bonchev–Trinajstić information content (AvgIpc) is 3.31. The van der Waals surface area contributed by atoms with Crippen LogP contribution < -0.4 is 5.69 Å². The van der Waals surface area contributed by atoms with E-state index >= 15 is 0 Å². The van der Waals surface area contributed by atoms with E-state index in [4.69, 9.17) is 4.52 Å². The summed E-state index contributed by atoms with van der Waals surface area (Å²) in [5.74, 6) is 1.43. The second-order valence-corrected chi connectivity index (χ2v) is 6.03. The van der Waals surface area contributed by atoms with Crippen molar-refractivity contribution < 1.29 is 4.52 Å². The summed E-state index contributed by atoms with van der Waals surface area (Å²) in [6.45, 7) is 4.27. The molecule has 1 aliphatic rings. The van der Waals surface area contributed by atoms with Gasteiger partial charge in [0.15, 0.2) is 11.5 Å². The van der Waals surface area contributed by atoms with Crippen LogP contribution in [-0.4, -0.2) is 42.3 Å². The van der Waals surface area contributed by atoms with Crippen LogP contribution in [0.3, 0.4) is 0 Å². The predicted molar refractivity (Wildman–Crippen MR) is 86.7 cm³/mol. The SMILES string of the molecule is CCc1nc(C2CCCN2CCn2nc3ccccn3c2=O)no1. The molecule has 0 radical (unpaired) electrons. The zero-order valence-corrected chi connectivity index (χ0v) is 13.6. The molecule has 0 aromatic carbocycles. The Balaban J connectivity index is 1.49. The molecule has 0 amide bonds. The summed E-state index contributed by atoms with van der Waals surface area (Å²) in [5, 5.41) is 8.49. The van der Waals surface area contributed by atoms with E-state index in [-0.39, 0.29) is 11.7 Å². The molecule has 0 spiro atoms. The zero-order valence-electron chi connectivity index (χ0n) is 13.6. The average molecular weight is 328 g/mol. The minimum absolute atomic E-state index is 0.103. The monoisotopic (exact) mass is 328 g/mol. The van der Waals surface area contributed by atoms with Crippen molar-refractivity contribution in [2.24, 2.45) is 0 Å². The van der Waals surface area contributed by atoms with Gasteiger partial charge >= 0.3 is 5.69 Å². The summed E-state index contributed by atoms with van der Waals surface area (Å²) < 4.78 is 8.33. The first-order chi connectivity index (χ1) is 11.8. The van der Waals surface area contributed by atoms with E-state index in [2.05, 4.69) is 20.1 Å². The number of fused-ring (bicyclic) bond motifs is 1. The fourth-order valence-corrected chi connectivity index (χ4v) is 3.27. The third-order valence-corrected chi connectivity index (χ3v) is 4.54. The van der Waals surface area contributed by atoms with Gasteiger partial charge in [-0.15, -0.1) is 5.10 Å². The molecule has 3 aromatic heterocycles. The Bertz CT molecular complexity index is 895. The Morgan fingerprint density at radius 2 is 2.25 bits per heavy atom. The number of hydrogen-bond acceptors (Lipinski definition) is 6. The molecule has 4 heterocycles. The van der Waals surface area contributed by atoms with Crippen molar-refractivity contribution in [2.45, 2.75) is 38.8 Å². The van der Waals surface area contributed by atoms with Gasteiger partial charge < -0.3 is 4.52 Å². The first kappa shape index (κ1) is 15.1. The minimum atomic E-state index is -0.103. The van der Waals surface area contributed by atoms with Gasteiger partial charge in [0.25, 0.3) is 0 Å². The van der Waals surface area contributed by atoms with Crippen molar-refractivity contribution in [3.05, 3.63) is 46.6 Å². The first-order valence-electron chi connectivity index (χ1n) is 8.37. The van der Waals surface area contributed by atoms with Gasteiger partial charge in [-0.05, 0) is 31.5 Å². The summed E-state index contributed by atoms with van der Waals surface area (Å²) in [6.07, 6.45) is 4.60. The van der Waals surface area contributed by atoms with Crippen LogP contribution in [0.1, 0.15) is 37.5 Å². The van der Waals surface area contributed by atoms with Crippen LogP contribution in [0.4, 0.5) is 0 Å². The molecule has 0 N–H and O–H groups in total. The lowest BCUT2D eigenvalue weighted by atomic mass is 10.2. The predicted octanol–water partition coefficient (Wildman–Crippen LogP) is 1.28. The summed E-state index contributed by atoms with van der Waals surface area (Å²) in [4.78, 5) is 19.1. The fraction of sp³-hybridized carbons (Fsp3) is 0.500. The highest BCUT2D eigenvalue weighted by molar-refractivity contribution is 5.35. The van der Waals surface area contributed by atoms with Crippen LogP contribution in [0.15, 0.2) is 33.7 Å². The van der Waals surface area contributed by atoms with Gasteiger partial charge in [-0.25, -0.2) is 9.48 Å². The molecule has 3 aromatic rings. The first-order valence-corrected chi connectivity index (χ1v) is 8.37. The van der Waals surface area contributed by atoms with Crippen molar-refractivity contribution in [3.63, 3.8) is 0 Å². The van der Waals surface area contributed by atoms with E-state index in [0.29, 0.717) is 18.1 Å². The molecule has 8 heteroatoms. The summed E-state index contributed by atoms with van der Waals surface area (Å²) >= 11 is 0. The Morgan fingerprint density at radius 1 is 1.33 bits per heavy atom. The highest BCUT2D eigenvalue weighted by Gasteiger charge is 2.29. The van der Waals surface area contributed by atoms with Crippen LogP contribution in [-0.2, 0) is 13.0 Å². The smallest absolute Gasteiger partial charge is 0.339 e. The van der Waals surface area contributed by atoms with Crippen molar-refractivity contribution in [3.8, 4) is 0 Å². The van der Waals surface area contributed by atoms with E-state index in [1.807, 2.05) is 25.1 Å². The maximum Gasteiger partial charge on any atom is 0.350 e. The molecule has 1 atom stereocenters. The molecule has 0 aliphatic carbocycles. The third kappa shape index (κ3) is 2.62. The molecule has 24 heavy (non-hydrogen) atoms. The van der Waals surface area contributed by atoms with E-state index in [0.717, 1.165) is 38.2 Å². The fourth-order valence-electron chi connectivity index (χ4n) is 3.27. The summed E-state index contributed by atoms with van der Waals surface area (Å²) in [6, 6.07) is 5.71. The van der Waals surface area contributed by atoms with Crippen LogP contribution in [0.5, 0.6) is 0 Å². The lowest BCUT2D eigenvalue weighted by Gasteiger charge is -2.21. The number of aromatic nitrogens is 5. The van der Waals surface area contributed by atoms with E-state index in [1.165, 1.54) is 4.68 Å². The molecule has 126 valence electrons. The normalized spacial score (nSPS) is 18.6. The third-order valence-electron chi connectivity index (χ3n) is 4.54. The highest BCUT2D eigenvalue weighted by atomic mass is 16.5. The molecule has 1 unspecified atom stereocenters. The summed E-state index contributed by atoms with van der Waals surface area (Å²) in [5.41, 5.74) is 0.570. The van der Waals surface area contributed by atoms with Gasteiger partial charge in [-0.3, -0.25) is 9.30 Å². The van der Waals surface area contributed by atoms with E-state index in [1.54, 1.807) is 10.6 Å². The van der Waals surface area contributed by atoms with Gasteiger partial charge in [0.05, 0.1) is 12.6 Å². The Labute approximate surface area is 138 Å². The van der Waals surface area contributed by atoms with Crippen LogP contribution in [0.25, 0.3) is 5.65 Å². The maximum absolute atomic E-state index is 12.3. The molecule has 4 rings (SSSR count).